The van der Waals surface area contributed by atoms with Crippen molar-refractivity contribution in [3.63, 3.8) is 0 Å². The Morgan fingerprint density at radius 1 is 1.22 bits per heavy atom. The van der Waals surface area contributed by atoms with Crippen LogP contribution in [0.2, 0.25) is 10.0 Å². The van der Waals surface area contributed by atoms with Crippen LogP contribution in [-0.2, 0) is 6.54 Å². The van der Waals surface area contributed by atoms with E-state index in [-0.39, 0.29) is 5.75 Å². The van der Waals surface area contributed by atoms with E-state index in [9.17, 15) is 5.11 Å². The van der Waals surface area contributed by atoms with Gasteiger partial charge in [0.15, 0.2) is 0 Å². The quantitative estimate of drug-likeness (QED) is 0.884. The number of nitrogens with two attached hydrogens (primary N) is 1. The van der Waals surface area contributed by atoms with Gasteiger partial charge in [0.1, 0.15) is 5.75 Å². The summed E-state index contributed by atoms with van der Waals surface area (Å²) in [4.78, 5) is 10.5. The lowest BCUT2D eigenvalue weighted by molar-refractivity contribution is 0.203. The predicted molar refractivity (Wildman–Crippen MR) is 91.8 cm³/mol. The van der Waals surface area contributed by atoms with E-state index in [2.05, 4.69) is 14.9 Å². The van der Waals surface area contributed by atoms with Crippen LogP contribution in [0.1, 0.15) is 30.0 Å². The number of nitrogen functional groups attached to an aromatic ring is 1. The van der Waals surface area contributed by atoms with Crippen molar-refractivity contribution in [2.24, 2.45) is 0 Å². The highest BCUT2D eigenvalue weighted by Gasteiger charge is 2.23. The van der Waals surface area contributed by atoms with E-state index in [0.717, 1.165) is 37.2 Å². The molecule has 1 fully saturated rings. The molecule has 122 valence electrons. The molecule has 0 unspecified atom stereocenters. The summed E-state index contributed by atoms with van der Waals surface area (Å²) in [5, 5.41) is 10.7. The Balaban J connectivity index is 1.65. The van der Waals surface area contributed by atoms with Crippen LogP contribution in [0.5, 0.6) is 5.75 Å². The van der Waals surface area contributed by atoms with E-state index in [1.807, 2.05) is 6.07 Å². The minimum Gasteiger partial charge on any atom is -0.506 e. The first-order valence-electron chi connectivity index (χ1n) is 7.51. The maximum atomic E-state index is 9.74. The van der Waals surface area contributed by atoms with Crippen LogP contribution in [-0.4, -0.2) is 33.1 Å². The van der Waals surface area contributed by atoms with Gasteiger partial charge in [0.2, 0.25) is 5.95 Å². The fourth-order valence-corrected chi connectivity index (χ4v) is 3.45. The average molecular weight is 353 g/mol. The lowest BCUT2D eigenvalue weighted by Gasteiger charge is -2.32. The minimum absolute atomic E-state index is 0.0670. The van der Waals surface area contributed by atoms with Crippen LogP contribution in [0.15, 0.2) is 24.4 Å². The highest BCUT2D eigenvalue weighted by Crippen LogP contribution is 2.35. The molecule has 23 heavy (non-hydrogen) atoms. The molecule has 3 rings (SSSR count). The summed E-state index contributed by atoms with van der Waals surface area (Å²) in [5.74, 6) is 0.785. The van der Waals surface area contributed by atoms with Crippen LogP contribution in [0.3, 0.4) is 0 Å². The Hall–Kier alpha value is -1.56. The van der Waals surface area contributed by atoms with Gasteiger partial charge in [-0.25, -0.2) is 9.97 Å². The number of nitrogens with zero attached hydrogens (tertiary/aromatic N) is 3. The fraction of sp³-hybridized carbons (Fsp3) is 0.375. The molecule has 0 aliphatic carbocycles. The number of aromatic nitrogens is 2. The second-order valence-electron chi connectivity index (χ2n) is 5.75. The summed E-state index contributed by atoms with van der Waals surface area (Å²) >= 11 is 12.4. The van der Waals surface area contributed by atoms with E-state index in [1.54, 1.807) is 12.3 Å². The molecule has 0 saturated carbocycles. The highest BCUT2D eigenvalue weighted by molar-refractivity contribution is 6.36. The molecule has 1 aromatic heterocycles. The molecular formula is C16H18Cl2N4O. The topological polar surface area (TPSA) is 75.3 Å². The van der Waals surface area contributed by atoms with Crippen molar-refractivity contribution in [3.8, 4) is 5.75 Å². The number of aromatic hydroxyl groups is 1. The molecule has 7 heteroatoms. The van der Waals surface area contributed by atoms with Crippen LogP contribution in [0, 0.1) is 0 Å². The Bertz CT molecular complexity index is 702. The zero-order valence-corrected chi connectivity index (χ0v) is 14.1. The number of piperidine rings is 1. The van der Waals surface area contributed by atoms with Crippen LogP contribution >= 0.6 is 23.2 Å². The second-order valence-corrected chi connectivity index (χ2v) is 6.53. The van der Waals surface area contributed by atoms with Gasteiger partial charge in [-0.3, -0.25) is 4.90 Å². The second kappa shape index (κ2) is 6.91. The zero-order chi connectivity index (χ0) is 16.4. The summed E-state index contributed by atoms with van der Waals surface area (Å²) in [6.07, 6.45) is 3.69. The first-order valence-corrected chi connectivity index (χ1v) is 8.27. The van der Waals surface area contributed by atoms with Crippen molar-refractivity contribution in [2.45, 2.75) is 25.3 Å². The monoisotopic (exact) mass is 352 g/mol. The van der Waals surface area contributed by atoms with Crippen molar-refractivity contribution in [3.05, 3.63) is 45.7 Å². The average Bonchev–Trinajstić information content (AvgIpc) is 2.56. The van der Waals surface area contributed by atoms with Crippen LogP contribution < -0.4 is 5.73 Å². The predicted octanol–water partition coefficient (Wildman–Crippen LogP) is 3.45. The molecular weight excluding hydrogens is 335 g/mol. The van der Waals surface area contributed by atoms with Crippen LogP contribution in [0.4, 0.5) is 5.95 Å². The number of anilines is 1. The van der Waals surface area contributed by atoms with E-state index < -0.39 is 0 Å². The van der Waals surface area contributed by atoms with Crippen LogP contribution in [0.25, 0.3) is 0 Å². The van der Waals surface area contributed by atoms with Gasteiger partial charge in [-0.2, -0.15) is 0 Å². The molecule has 5 nitrogen and oxygen atoms in total. The highest BCUT2D eigenvalue weighted by atomic mass is 35.5. The number of halogens is 2. The maximum absolute atomic E-state index is 9.74. The standard InChI is InChI=1S/C16H18Cl2N4O/c17-12-1-2-14(23)15(18)11(12)9-22-7-4-10(5-8-22)13-3-6-20-16(19)21-13/h1-3,6,10,23H,4-5,7-9H2,(H2,19,20,21). The first kappa shape index (κ1) is 16.3. The lowest BCUT2D eigenvalue weighted by Crippen LogP contribution is -2.33. The first-order chi connectivity index (χ1) is 11.0. The minimum atomic E-state index is 0.0670. The third-order valence-corrected chi connectivity index (χ3v) is 5.02. The third kappa shape index (κ3) is 3.68. The van der Waals surface area contributed by atoms with Gasteiger partial charge >= 0.3 is 0 Å². The Morgan fingerprint density at radius 3 is 2.65 bits per heavy atom. The summed E-state index contributed by atoms with van der Waals surface area (Å²) in [6, 6.07) is 5.12. The van der Waals surface area contributed by atoms with Gasteiger partial charge in [0, 0.05) is 34.9 Å². The Kier molecular flexibility index (Phi) is 4.90. The lowest BCUT2D eigenvalue weighted by atomic mass is 9.93. The van der Waals surface area contributed by atoms with E-state index in [1.165, 1.54) is 6.07 Å². The van der Waals surface area contributed by atoms with E-state index in [4.69, 9.17) is 28.9 Å². The molecule has 0 spiro atoms. The SMILES string of the molecule is Nc1nccc(C2CCN(Cc3c(Cl)ccc(O)c3Cl)CC2)n1. The number of benzene rings is 1. The maximum Gasteiger partial charge on any atom is 0.220 e. The molecule has 1 aliphatic heterocycles. The van der Waals surface area contributed by atoms with Gasteiger partial charge in [0.05, 0.1) is 5.02 Å². The van der Waals surface area contributed by atoms with Gasteiger partial charge in [0.25, 0.3) is 0 Å². The smallest absolute Gasteiger partial charge is 0.220 e. The number of likely N-dealkylation sites (tertiary alicyclic amines) is 1. The molecule has 0 atom stereocenters. The normalized spacial score (nSPS) is 16.6. The molecule has 1 aliphatic rings. The molecule has 2 aromatic rings. The largest absolute Gasteiger partial charge is 0.506 e. The van der Waals surface area contributed by atoms with Gasteiger partial charge < -0.3 is 10.8 Å². The molecule has 2 heterocycles. The number of phenols is 1. The van der Waals surface area contributed by atoms with Gasteiger partial charge in [-0.05, 0) is 44.1 Å². The number of rotatable bonds is 3. The number of phenolic OH excluding ortho intramolecular Hbond substituents is 1. The number of hydrogen-bond acceptors (Lipinski definition) is 5. The molecule has 3 N–H and O–H groups in total. The zero-order valence-electron chi connectivity index (χ0n) is 12.5. The van der Waals surface area contributed by atoms with Crippen molar-refractivity contribution in [1.82, 2.24) is 14.9 Å². The van der Waals surface area contributed by atoms with E-state index >= 15 is 0 Å². The summed E-state index contributed by atoms with van der Waals surface area (Å²) in [6.45, 7) is 2.46. The van der Waals surface area contributed by atoms with Gasteiger partial charge in [-0.15, -0.1) is 0 Å². The molecule has 0 amide bonds. The Morgan fingerprint density at radius 2 is 1.96 bits per heavy atom. The number of hydrogen-bond donors (Lipinski definition) is 2. The van der Waals surface area contributed by atoms with Crippen molar-refractivity contribution in [2.75, 3.05) is 18.8 Å². The van der Waals surface area contributed by atoms with Gasteiger partial charge in [-0.1, -0.05) is 23.2 Å². The molecule has 1 aromatic carbocycles. The summed E-state index contributed by atoms with van der Waals surface area (Å²) in [7, 11) is 0. The third-order valence-electron chi connectivity index (χ3n) is 4.25. The van der Waals surface area contributed by atoms with Crippen molar-refractivity contribution < 1.29 is 5.11 Å². The van der Waals surface area contributed by atoms with Crippen molar-refractivity contribution in [1.29, 1.82) is 0 Å². The Labute approximate surface area is 145 Å². The molecule has 0 radical (unpaired) electrons. The molecule has 1 saturated heterocycles. The summed E-state index contributed by atoms with van der Waals surface area (Å²) in [5.41, 5.74) is 7.44. The molecule has 0 bridgehead atoms. The summed E-state index contributed by atoms with van der Waals surface area (Å²) < 4.78 is 0. The fourth-order valence-electron chi connectivity index (χ4n) is 2.96. The van der Waals surface area contributed by atoms with E-state index in [0.29, 0.717) is 28.5 Å². The van der Waals surface area contributed by atoms with Crippen molar-refractivity contribution >= 4 is 29.2 Å².